The SMILES string of the molecule is CN(C)CCC=C[C@H]1CC[C@]2(C)[C@@H](C=NNC(=N)N)CC[C@]2(O)C1. The van der Waals surface area contributed by atoms with E-state index >= 15 is 0 Å². The molecule has 0 radical (unpaired) electrons. The standard InChI is InChI=1S/C18H33N5O/c1-17-9-7-14(6-4-5-11-23(2)3)12-18(17,24)10-8-15(17)13-21-22-16(19)20/h4,6,13-15,24H,5,7-12H2,1-3H3,(H4,19,20,22)/t14-,15+,17+,18-/m0/s1. The number of nitrogens with zero attached hydrogens (tertiary/aromatic N) is 2. The summed E-state index contributed by atoms with van der Waals surface area (Å²) in [5.41, 5.74) is 6.99. The molecule has 0 heterocycles. The van der Waals surface area contributed by atoms with Crippen molar-refractivity contribution in [2.75, 3.05) is 20.6 Å². The van der Waals surface area contributed by atoms with Crippen LogP contribution in [0.1, 0.15) is 45.4 Å². The van der Waals surface area contributed by atoms with Crippen LogP contribution in [-0.2, 0) is 0 Å². The molecule has 0 aromatic carbocycles. The van der Waals surface area contributed by atoms with Crippen LogP contribution in [0.4, 0.5) is 0 Å². The van der Waals surface area contributed by atoms with E-state index in [0.29, 0.717) is 5.92 Å². The molecule has 24 heavy (non-hydrogen) atoms. The summed E-state index contributed by atoms with van der Waals surface area (Å²) >= 11 is 0. The number of hydrogen-bond acceptors (Lipinski definition) is 4. The van der Waals surface area contributed by atoms with Crippen LogP contribution in [0.3, 0.4) is 0 Å². The Bertz CT molecular complexity index is 504. The first-order chi connectivity index (χ1) is 11.3. The number of fused-ring (bicyclic) bond motifs is 1. The fourth-order valence-corrected chi connectivity index (χ4v) is 4.34. The van der Waals surface area contributed by atoms with Crippen molar-refractivity contribution < 1.29 is 5.11 Å². The fourth-order valence-electron chi connectivity index (χ4n) is 4.34. The Balaban J connectivity index is 1.96. The van der Waals surface area contributed by atoms with Crippen molar-refractivity contribution in [3.8, 4) is 0 Å². The molecule has 2 fully saturated rings. The van der Waals surface area contributed by atoms with Gasteiger partial charge in [0.15, 0.2) is 0 Å². The maximum Gasteiger partial charge on any atom is 0.206 e. The molecule has 6 heteroatoms. The van der Waals surface area contributed by atoms with E-state index < -0.39 is 5.60 Å². The van der Waals surface area contributed by atoms with Gasteiger partial charge in [0, 0.05) is 24.1 Å². The molecule has 6 nitrogen and oxygen atoms in total. The lowest BCUT2D eigenvalue weighted by atomic mass is 9.60. The summed E-state index contributed by atoms with van der Waals surface area (Å²) in [6.07, 6.45) is 12.2. The molecule has 5 N–H and O–H groups in total. The first-order valence-electron chi connectivity index (χ1n) is 8.94. The van der Waals surface area contributed by atoms with Crippen LogP contribution in [0.5, 0.6) is 0 Å². The van der Waals surface area contributed by atoms with Crippen molar-refractivity contribution in [3.63, 3.8) is 0 Å². The molecule has 0 aromatic rings. The second-order valence-electron chi connectivity index (χ2n) is 7.92. The second-order valence-corrected chi connectivity index (χ2v) is 7.92. The fraction of sp³-hybridized carbons (Fsp3) is 0.778. The maximum atomic E-state index is 11.3. The molecule has 2 aliphatic carbocycles. The van der Waals surface area contributed by atoms with Gasteiger partial charge in [-0.3, -0.25) is 5.41 Å². The number of guanidine groups is 1. The summed E-state index contributed by atoms with van der Waals surface area (Å²) in [5, 5.41) is 22.5. The molecule has 0 unspecified atom stereocenters. The summed E-state index contributed by atoms with van der Waals surface area (Å²) in [4.78, 5) is 2.19. The summed E-state index contributed by atoms with van der Waals surface area (Å²) in [6.45, 7) is 3.25. The van der Waals surface area contributed by atoms with Crippen molar-refractivity contribution in [1.82, 2.24) is 10.3 Å². The second kappa shape index (κ2) is 7.66. The Kier molecular flexibility index (Phi) is 6.04. The molecular weight excluding hydrogens is 302 g/mol. The zero-order valence-corrected chi connectivity index (χ0v) is 15.3. The first-order valence-corrected chi connectivity index (χ1v) is 8.94. The molecular formula is C18H33N5O. The topological polar surface area (TPSA) is 97.7 Å². The zero-order chi connectivity index (χ0) is 17.8. The van der Waals surface area contributed by atoms with Gasteiger partial charge in [-0.2, -0.15) is 5.10 Å². The van der Waals surface area contributed by atoms with E-state index in [-0.39, 0.29) is 17.3 Å². The maximum absolute atomic E-state index is 11.3. The summed E-state index contributed by atoms with van der Waals surface area (Å²) in [7, 11) is 4.17. The van der Waals surface area contributed by atoms with Crippen molar-refractivity contribution in [2.45, 2.75) is 51.0 Å². The van der Waals surface area contributed by atoms with E-state index in [4.69, 9.17) is 11.1 Å². The minimum Gasteiger partial charge on any atom is -0.389 e. The predicted molar refractivity (Wildman–Crippen MR) is 99.0 cm³/mol. The van der Waals surface area contributed by atoms with E-state index in [1.165, 1.54) is 0 Å². The summed E-state index contributed by atoms with van der Waals surface area (Å²) in [5.74, 6) is 0.542. The number of allylic oxidation sites excluding steroid dienone is 1. The largest absolute Gasteiger partial charge is 0.389 e. The van der Waals surface area contributed by atoms with Gasteiger partial charge in [0.25, 0.3) is 0 Å². The monoisotopic (exact) mass is 335 g/mol. The van der Waals surface area contributed by atoms with Gasteiger partial charge >= 0.3 is 0 Å². The van der Waals surface area contributed by atoms with Gasteiger partial charge in [-0.25, -0.2) is 5.43 Å². The molecule has 0 bridgehead atoms. The van der Waals surface area contributed by atoms with Crippen LogP contribution in [0.15, 0.2) is 17.3 Å². The molecule has 0 aliphatic heterocycles. The number of nitrogens with two attached hydrogens (primary N) is 1. The van der Waals surface area contributed by atoms with E-state index in [1.54, 1.807) is 0 Å². The molecule has 136 valence electrons. The van der Waals surface area contributed by atoms with Crippen molar-refractivity contribution in [3.05, 3.63) is 12.2 Å². The molecule has 0 amide bonds. The van der Waals surface area contributed by atoms with Crippen LogP contribution in [0, 0.1) is 22.7 Å². The van der Waals surface area contributed by atoms with Gasteiger partial charge in [0.05, 0.1) is 5.60 Å². The number of aliphatic hydroxyl groups is 1. The van der Waals surface area contributed by atoms with E-state index in [9.17, 15) is 5.11 Å². The molecule has 2 rings (SSSR count). The van der Waals surface area contributed by atoms with Gasteiger partial charge in [0.2, 0.25) is 5.96 Å². The van der Waals surface area contributed by atoms with Gasteiger partial charge in [-0.1, -0.05) is 19.1 Å². The highest BCUT2D eigenvalue weighted by Gasteiger charge is 2.58. The normalized spacial score (nSPS) is 36.5. The van der Waals surface area contributed by atoms with Crippen LogP contribution in [-0.4, -0.2) is 48.4 Å². The molecule has 0 saturated heterocycles. The van der Waals surface area contributed by atoms with Crippen LogP contribution in [0.2, 0.25) is 0 Å². The minimum atomic E-state index is -0.616. The lowest BCUT2D eigenvalue weighted by Gasteiger charge is -2.48. The summed E-state index contributed by atoms with van der Waals surface area (Å²) in [6, 6.07) is 0. The van der Waals surface area contributed by atoms with Crippen molar-refractivity contribution in [1.29, 1.82) is 5.41 Å². The molecule has 0 aromatic heterocycles. The van der Waals surface area contributed by atoms with E-state index in [1.807, 2.05) is 6.21 Å². The van der Waals surface area contributed by atoms with Crippen LogP contribution in [0.25, 0.3) is 0 Å². The Morgan fingerprint density at radius 1 is 1.42 bits per heavy atom. The zero-order valence-electron chi connectivity index (χ0n) is 15.3. The predicted octanol–water partition coefficient (Wildman–Crippen LogP) is 1.91. The number of hydrazone groups is 1. The van der Waals surface area contributed by atoms with Crippen molar-refractivity contribution >= 4 is 12.2 Å². The highest BCUT2D eigenvalue weighted by atomic mass is 16.3. The Labute approximate surface area is 145 Å². The quantitative estimate of drug-likeness (QED) is 0.258. The molecule has 0 spiro atoms. The average molecular weight is 335 g/mol. The van der Waals surface area contributed by atoms with Gasteiger partial charge in [0.1, 0.15) is 0 Å². The van der Waals surface area contributed by atoms with Gasteiger partial charge in [-0.15, -0.1) is 0 Å². The minimum absolute atomic E-state index is 0.136. The smallest absolute Gasteiger partial charge is 0.206 e. The number of hydrogen-bond donors (Lipinski definition) is 4. The molecule has 2 saturated carbocycles. The van der Waals surface area contributed by atoms with E-state index in [0.717, 1.165) is 45.1 Å². The first kappa shape index (κ1) is 18.9. The Morgan fingerprint density at radius 3 is 2.83 bits per heavy atom. The lowest BCUT2D eigenvalue weighted by Crippen LogP contribution is -2.49. The third-order valence-corrected chi connectivity index (χ3v) is 5.98. The third kappa shape index (κ3) is 4.16. The van der Waals surface area contributed by atoms with Gasteiger partial charge in [-0.05, 0) is 58.5 Å². The van der Waals surface area contributed by atoms with Gasteiger partial charge < -0.3 is 15.7 Å². The highest BCUT2D eigenvalue weighted by molar-refractivity contribution is 5.75. The third-order valence-electron chi connectivity index (χ3n) is 5.98. The summed E-state index contributed by atoms with van der Waals surface area (Å²) < 4.78 is 0. The van der Waals surface area contributed by atoms with Crippen LogP contribution >= 0.6 is 0 Å². The molecule has 2 aliphatic rings. The van der Waals surface area contributed by atoms with E-state index in [2.05, 4.69) is 48.6 Å². The lowest BCUT2D eigenvalue weighted by molar-refractivity contribution is -0.0998. The highest BCUT2D eigenvalue weighted by Crippen LogP contribution is 2.58. The van der Waals surface area contributed by atoms with Crippen molar-refractivity contribution in [2.24, 2.45) is 28.1 Å². The molecule has 4 atom stereocenters. The number of rotatable bonds is 6. The average Bonchev–Trinajstić information content (AvgIpc) is 2.75. The van der Waals surface area contributed by atoms with Crippen LogP contribution < -0.4 is 11.2 Å². The Morgan fingerprint density at radius 2 is 2.17 bits per heavy atom. The Hall–Kier alpha value is -1.40. The number of nitrogens with one attached hydrogen (secondary N) is 2.